The average Bonchev–Trinajstić information content (AvgIpc) is 2.29. The van der Waals surface area contributed by atoms with Crippen LogP contribution in [-0.2, 0) is 6.54 Å². The van der Waals surface area contributed by atoms with E-state index in [2.05, 4.69) is 62.4 Å². The third-order valence-corrected chi connectivity index (χ3v) is 6.06. The first-order valence-electron chi connectivity index (χ1n) is 6.72. The van der Waals surface area contributed by atoms with Crippen molar-refractivity contribution in [3.05, 3.63) is 29.8 Å². The summed E-state index contributed by atoms with van der Waals surface area (Å²) in [5, 5.41) is 5.09. The lowest BCUT2D eigenvalue weighted by Gasteiger charge is -2.17. The van der Waals surface area contributed by atoms with E-state index in [-0.39, 0.29) is 0 Å². The molecule has 1 nitrogen and oxygen atoms in total. The molecule has 1 aromatic carbocycles. The number of thioether (sulfide) groups is 1. The third-order valence-electron chi connectivity index (χ3n) is 3.09. The number of nitrogens with one attached hydrogen (secondary N) is 1. The minimum atomic E-state index is -1.14. The Morgan fingerprint density at radius 3 is 2.28 bits per heavy atom. The minimum Gasteiger partial charge on any atom is -0.312 e. The van der Waals surface area contributed by atoms with Crippen LogP contribution in [0.1, 0.15) is 12.5 Å². The van der Waals surface area contributed by atoms with E-state index in [1.807, 2.05) is 11.8 Å². The average molecular weight is 282 g/mol. The van der Waals surface area contributed by atoms with Gasteiger partial charge in [0.15, 0.2) is 0 Å². The molecule has 1 atom stereocenters. The van der Waals surface area contributed by atoms with Gasteiger partial charge in [0.05, 0.1) is 8.07 Å². The largest absolute Gasteiger partial charge is 0.312 e. The van der Waals surface area contributed by atoms with Crippen LogP contribution in [0.2, 0.25) is 19.6 Å². The highest BCUT2D eigenvalue weighted by molar-refractivity contribution is 7.98. The molecule has 0 amide bonds. The summed E-state index contributed by atoms with van der Waals surface area (Å²) in [6, 6.07) is 9.18. The summed E-state index contributed by atoms with van der Waals surface area (Å²) in [5.74, 6) is 1.99. The van der Waals surface area contributed by atoms with Crippen LogP contribution in [0.25, 0.3) is 0 Å². The molecule has 0 aliphatic heterocycles. The summed E-state index contributed by atoms with van der Waals surface area (Å²) in [6.07, 6.45) is 2.17. The monoisotopic (exact) mass is 281 g/mol. The van der Waals surface area contributed by atoms with Gasteiger partial charge >= 0.3 is 0 Å². The summed E-state index contributed by atoms with van der Waals surface area (Å²) in [6.45, 7) is 11.6. The van der Waals surface area contributed by atoms with E-state index in [1.54, 1.807) is 5.19 Å². The van der Waals surface area contributed by atoms with Gasteiger partial charge in [-0.15, -0.1) is 0 Å². The quantitative estimate of drug-likeness (QED) is 0.770. The zero-order chi connectivity index (χ0) is 13.6. The molecule has 0 radical (unpaired) electrons. The van der Waals surface area contributed by atoms with Crippen LogP contribution in [0.5, 0.6) is 0 Å². The molecular weight excluding hydrogens is 254 g/mol. The zero-order valence-electron chi connectivity index (χ0n) is 12.4. The molecule has 1 N–H and O–H groups in total. The highest BCUT2D eigenvalue weighted by Crippen LogP contribution is 2.06. The maximum atomic E-state index is 3.54. The van der Waals surface area contributed by atoms with Crippen LogP contribution >= 0.6 is 11.8 Å². The van der Waals surface area contributed by atoms with Gasteiger partial charge in [-0.25, -0.2) is 0 Å². The Labute approximate surface area is 118 Å². The molecule has 0 aliphatic rings. The summed E-state index contributed by atoms with van der Waals surface area (Å²) in [4.78, 5) is 0. The van der Waals surface area contributed by atoms with Gasteiger partial charge in [-0.05, 0) is 30.0 Å². The van der Waals surface area contributed by atoms with Crippen molar-refractivity contribution in [1.82, 2.24) is 5.32 Å². The lowest BCUT2D eigenvalue weighted by atomic mass is 10.2. The van der Waals surface area contributed by atoms with Crippen LogP contribution < -0.4 is 10.5 Å². The molecule has 0 spiro atoms. The molecule has 1 unspecified atom stereocenters. The van der Waals surface area contributed by atoms with Gasteiger partial charge in [-0.1, -0.05) is 56.0 Å². The van der Waals surface area contributed by atoms with E-state index in [4.69, 9.17) is 0 Å². The second-order valence-electron chi connectivity index (χ2n) is 6.14. The molecule has 102 valence electrons. The number of hydrogen-bond acceptors (Lipinski definition) is 2. The van der Waals surface area contributed by atoms with Gasteiger partial charge in [-0.3, -0.25) is 0 Å². The van der Waals surface area contributed by atoms with Gasteiger partial charge in [0.1, 0.15) is 0 Å². The predicted octanol–water partition coefficient (Wildman–Crippen LogP) is 3.32. The fourth-order valence-corrected chi connectivity index (χ4v) is 3.78. The maximum Gasteiger partial charge on any atom is 0.0775 e. The van der Waals surface area contributed by atoms with Crippen molar-refractivity contribution >= 4 is 25.0 Å². The van der Waals surface area contributed by atoms with Gasteiger partial charge in [0.2, 0.25) is 0 Å². The highest BCUT2D eigenvalue weighted by atomic mass is 32.2. The van der Waals surface area contributed by atoms with Crippen molar-refractivity contribution in [2.24, 2.45) is 5.92 Å². The van der Waals surface area contributed by atoms with E-state index >= 15 is 0 Å². The smallest absolute Gasteiger partial charge is 0.0775 e. The molecule has 0 bridgehead atoms. The third kappa shape index (κ3) is 5.59. The number of rotatable bonds is 7. The molecule has 0 heterocycles. The molecule has 0 saturated heterocycles. The molecular formula is C15H27NSSi. The predicted molar refractivity (Wildman–Crippen MR) is 88.7 cm³/mol. The van der Waals surface area contributed by atoms with Crippen LogP contribution in [-0.4, -0.2) is 26.6 Å². The molecule has 18 heavy (non-hydrogen) atoms. The van der Waals surface area contributed by atoms with E-state index in [0.29, 0.717) is 0 Å². The maximum absolute atomic E-state index is 3.54. The van der Waals surface area contributed by atoms with Gasteiger partial charge < -0.3 is 5.32 Å². The van der Waals surface area contributed by atoms with E-state index in [9.17, 15) is 0 Å². The van der Waals surface area contributed by atoms with Crippen molar-refractivity contribution in [2.75, 3.05) is 18.6 Å². The summed E-state index contributed by atoms with van der Waals surface area (Å²) < 4.78 is 0. The molecule has 0 fully saturated rings. The highest BCUT2D eigenvalue weighted by Gasteiger charge is 2.15. The molecule has 0 aromatic heterocycles. The topological polar surface area (TPSA) is 12.0 Å². The normalized spacial score (nSPS) is 13.6. The van der Waals surface area contributed by atoms with Crippen molar-refractivity contribution in [2.45, 2.75) is 33.1 Å². The minimum absolute atomic E-state index is 0.751. The second kappa shape index (κ2) is 7.36. The van der Waals surface area contributed by atoms with Crippen LogP contribution in [0.15, 0.2) is 24.3 Å². The Hall–Kier alpha value is -0.253. The first-order chi connectivity index (χ1) is 8.43. The number of hydrogen-bond donors (Lipinski definition) is 1. The molecule has 0 aliphatic carbocycles. The van der Waals surface area contributed by atoms with E-state index in [1.165, 1.54) is 11.3 Å². The SMILES string of the molecule is CSCC(C)CNCc1ccc([Si](C)(C)C)cc1. The van der Waals surface area contributed by atoms with Crippen LogP contribution in [0.3, 0.4) is 0 Å². The standard InChI is InChI=1S/C15H27NSSi/c1-13(12-17-2)10-16-11-14-6-8-15(9-7-14)18(3,4)5/h6-9,13,16H,10-12H2,1-5H3. The first-order valence-corrected chi connectivity index (χ1v) is 11.6. The number of benzene rings is 1. The molecule has 0 saturated carbocycles. The lowest BCUT2D eigenvalue weighted by molar-refractivity contribution is 0.559. The Morgan fingerprint density at radius 1 is 1.17 bits per heavy atom. The summed E-state index contributed by atoms with van der Waals surface area (Å²) in [7, 11) is -1.14. The molecule has 1 aromatic rings. The lowest BCUT2D eigenvalue weighted by Crippen LogP contribution is -2.37. The summed E-state index contributed by atoms with van der Waals surface area (Å²) >= 11 is 1.93. The van der Waals surface area contributed by atoms with Crippen LogP contribution in [0.4, 0.5) is 0 Å². The van der Waals surface area contributed by atoms with Crippen molar-refractivity contribution < 1.29 is 0 Å². The fraction of sp³-hybridized carbons (Fsp3) is 0.600. The zero-order valence-corrected chi connectivity index (χ0v) is 14.2. The van der Waals surface area contributed by atoms with Crippen molar-refractivity contribution in [1.29, 1.82) is 0 Å². The van der Waals surface area contributed by atoms with Gasteiger partial charge in [0, 0.05) is 6.54 Å². The molecule has 3 heteroatoms. The van der Waals surface area contributed by atoms with Gasteiger partial charge in [0.25, 0.3) is 0 Å². The Balaban J connectivity index is 2.40. The van der Waals surface area contributed by atoms with Crippen LogP contribution in [0, 0.1) is 5.92 Å². The van der Waals surface area contributed by atoms with Gasteiger partial charge in [-0.2, -0.15) is 11.8 Å². The van der Waals surface area contributed by atoms with Crippen molar-refractivity contribution in [3.63, 3.8) is 0 Å². The first kappa shape index (κ1) is 15.8. The van der Waals surface area contributed by atoms with E-state index in [0.717, 1.165) is 19.0 Å². The van der Waals surface area contributed by atoms with Crippen molar-refractivity contribution in [3.8, 4) is 0 Å². The fourth-order valence-electron chi connectivity index (χ4n) is 1.93. The Morgan fingerprint density at radius 2 is 1.78 bits per heavy atom. The Kier molecular flexibility index (Phi) is 6.47. The second-order valence-corrected chi connectivity index (χ2v) is 12.1. The van der Waals surface area contributed by atoms with E-state index < -0.39 is 8.07 Å². The Bertz CT molecular complexity index is 343. The summed E-state index contributed by atoms with van der Waals surface area (Å²) in [5.41, 5.74) is 1.40. The molecule has 1 rings (SSSR count).